The molecule has 3 rings (SSSR count). The zero-order valence-corrected chi connectivity index (χ0v) is 12.7. The molecular weight excluding hydrogens is 285 g/mol. The predicted molar refractivity (Wildman–Crippen MR) is 94.5 cm³/mol. The Bertz CT molecular complexity index is 808. The lowest BCUT2D eigenvalue weighted by Gasteiger charge is -2.12. The predicted octanol–water partition coefficient (Wildman–Crippen LogP) is 5.08. The van der Waals surface area contributed by atoms with Gasteiger partial charge in [0.15, 0.2) is 0 Å². The van der Waals surface area contributed by atoms with Crippen molar-refractivity contribution < 1.29 is 4.39 Å². The van der Waals surface area contributed by atoms with Crippen LogP contribution < -0.4 is 5.73 Å². The van der Waals surface area contributed by atoms with E-state index in [1.165, 1.54) is 17.7 Å². The van der Waals surface area contributed by atoms with Crippen LogP contribution in [0.2, 0.25) is 0 Å². The fraction of sp³-hybridized carbons (Fsp3) is 0.0476. The number of hydrogen-bond acceptors (Lipinski definition) is 1. The van der Waals surface area contributed by atoms with Gasteiger partial charge in [-0.2, -0.15) is 0 Å². The van der Waals surface area contributed by atoms with Gasteiger partial charge in [-0.3, -0.25) is 0 Å². The number of benzene rings is 3. The van der Waals surface area contributed by atoms with Crippen molar-refractivity contribution >= 4 is 11.3 Å². The molecule has 2 N–H and O–H groups in total. The molecule has 0 spiro atoms. The van der Waals surface area contributed by atoms with Crippen molar-refractivity contribution in [2.45, 2.75) is 6.42 Å². The molecule has 0 unspecified atom stereocenters. The molecule has 1 nitrogen and oxygen atoms in total. The maximum Gasteiger partial charge on any atom is 0.123 e. The lowest BCUT2D eigenvalue weighted by atomic mass is 9.94. The highest BCUT2D eigenvalue weighted by molar-refractivity contribution is 5.85. The average Bonchev–Trinajstić information content (AvgIpc) is 2.60. The van der Waals surface area contributed by atoms with E-state index in [9.17, 15) is 4.39 Å². The van der Waals surface area contributed by atoms with Crippen LogP contribution in [0.15, 0.2) is 84.9 Å². The molecule has 0 aliphatic heterocycles. The van der Waals surface area contributed by atoms with Crippen LogP contribution in [-0.4, -0.2) is 0 Å². The van der Waals surface area contributed by atoms with Gasteiger partial charge in [0.25, 0.3) is 0 Å². The van der Waals surface area contributed by atoms with E-state index in [1.54, 1.807) is 6.07 Å². The maximum absolute atomic E-state index is 13.7. The molecule has 0 saturated heterocycles. The largest absolute Gasteiger partial charge is 0.398 e. The summed E-state index contributed by atoms with van der Waals surface area (Å²) in [6.45, 7) is 0. The maximum atomic E-state index is 13.7. The van der Waals surface area contributed by atoms with Gasteiger partial charge < -0.3 is 5.73 Å². The molecule has 0 heterocycles. The molecule has 23 heavy (non-hydrogen) atoms. The summed E-state index contributed by atoms with van der Waals surface area (Å²) < 4.78 is 13.7. The first-order valence-electron chi connectivity index (χ1n) is 7.59. The second-order valence-electron chi connectivity index (χ2n) is 5.41. The number of nitrogens with two attached hydrogens (primary N) is 1. The molecule has 0 aromatic heterocycles. The quantitative estimate of drug-likeness (QED) is 0.668. The van der Waals surface area contributed by atoms with Gasteiger partial charge in [-0.1, -0.05) is 66.7 Å². The molecule has 3 aromatic rings. The first-order chi connectivity index (χ1) is 11.2. The van der Waals surface area contributed by atoms with Crippen LogP contribution in [0.4, 0.5) is 10.1 Å². The van der Waals surface area contributed by atoms with Crippen LogP contribution >= 0.6 is 0 Å². The SMILES string of the molecule is Nc1ccc(F)cc1/C(=C/Cc1ccccc1)c1ccccc1. The summed E-state index contributed by atoms with van der Waals surface area (Å²) in [6.07, 6.45) is 2.87. The normalized spacial score (nSPS) is 11.4. The molecule has 2 heteroatoms. The van der Waals surface area contributed by atoms with Crippen LogP contribution in [0.5, 0.6) is 0 Å². The van der Waals surface area contributed by atoms with E-state index in [4.69, 9.17) is 5.73 Å². The number of hydrogen-bond donors (Lipinski definition) is 1. The minimum Gasteiger partial charge on any atom is -0.398 e. The van der Waals surface area contributed by atoms with Gasteiger partial charge in [0.05, 0.1) is 0 Å². The van der Waals surface area contributed by atoms with Crippen LogP contribution in [-0.2, 0) is 6.42 Å². The fourth-order valence-corrected chi connectivity index (χ4v) is 2.60. The van der Waals surface area contributed by atoms with Gasteiger partial charge in [-0.05, 0) is 41.3 Å². The number of anilines is 1. The summed E-state index contributed by atoms with van der Waals surface area (Å²) in [5.41, 5.74) is 10.6. The summed E-state index contributed by atoms with van der Waals surface area (Å²) in [6, 6.07) is 24.6. The van der Waals surface area contributed by atoms with Crippen molar-refractivity contribution in [1.82, 2.24) is 0 Å². The molecule has 0 amide bonds. The zero-order valence-electron chi connectivity index (χ0n) is 12.7. The Kier molecular flexibility index (Phi) is 4.53. The lowest BCUT2D eigenvalue weighted by molar-refractivity contribution is 0.627. The molecule has 0 fully saturated rings. The third kappa shape index (κ3) is 3.67. The molecule has 0 atom stereocenters. The van der Waals surface area contributed by atoms with E-state index in [0.717, 1.165) is 23.1 Å². The highest BCUT2D eigenvalue weighted by atomic mass is 19.1. The Morgan fingerprint density at radius 1 is 0.870 bits per heavy atom. The van der Waals surface area contributed by atoms with Crippen LogP contribution in [0.25, 0.3) is 5.57 Å². The Morgan fingerprint density at radius 3 is 2.22 bits per heavy atom. The van der Waals surface area contributed by atoms with E-state index in [1.807, 2.05) is 48.5 Å². The van der Waals surface area contributed by atoms with E-state index < -0.39 is 0 Å². The Morgan fingerprint density at radius 2 is 1.52 bits per heavy atom. The van der Waals surface area contributed by atoms with E-state index in [2.05, 4.69) is 18.2 Å². The standard InChI is InChI=1S/C21H18FN/c22-18-12-14-21(23)20(15-18)19(17-9-5-2-6-10-17)13-11-16-7-3-1-4-8-16/h1-10,12-15H,11,23H2/b19-13+. The molecule has 0 aliphatic carbocycles. The van der Waals surface area contributed by atoms with Crippen molar-refractivity contribution in [3.05, 3.63) is 107 Å². The van der Waals surface area contributed by atoms with E-state index in [-0.39, 0.29) is 5.82 Å². The third-order valence-corrected chi connectivity index (χ3v) is 3.78. The molecule has 0 radical (unpaired) electrons. The monoisotopic (exact) mass is 303 g/mol. The van der Waals surface area contributed by atoms with Crippen LogP contribution in [0.3, 0.4) is 0 Å². The molecule has 0 bridgehead atoms. The highest BCUT2D eigenvalue weighted by Crippen LogP contribution is 2.29. The Balaban J connectivity index is 2.05. The lowest BCUT2D eigenvalue weighted by Crippen LogP contribution is -1.97. The molecule has 3 aromatic carbocycles. The number of halogens is 1. The molecule has 0 aliphatic rings. The fourth-order valence-electron chi connectivity index (χ4n) is 2.60. The minimum absolute atomic E-state index is 0.282. The second kappa shape index (κ2) is 6.93. The average molecular weight is 303 g/mol. The summed E-state index contributed by atoms with van der Waals surface area (Å²) in [5, 5.41) is 0. The molecule has 0 saturated carbocycles. The van der Waals surface area contributed by atoms with Crippen molar-refractivity contribution in [2.75, 3.05) is 5.73 Å². The summed E-state index contributed by atoms with van der Waals surface area (Å²) in [7, 11) is 0. The van der Waals surface area contributed by atoms with Gasteiger partial charge in [0.1, 0.15) is 5.82 Å². The van der Waals surface area contributed by atoms with Gasteiger partial charge >= 0.3 is 0 Å². The first kappa shape index (κ1) is 15.0. The smallest absolute Gasteiger partial charge is 0.123 e. The Labute approximate surface area is 135 Å². The highest BCUT2D eigenvalue weighted by Gasteiger charge is 2.09. The van der Waals surface area contributed by atoms with Crippen molar-refractivity contribution in [2.24, 2.45) is 0 Å². The number of allylic oxidation sites excluding steroid dienone is 1. The van der Waals surface area contributed by atoms with E-state index >= 15 is 0 Å². The van der Waals surface area contributed by atoms with Gasteiger partial charge in [-0.15, -0.1) is 0 Å². The molecular formula is C21H18FN. The van der Waals surface area contributed by atoms with Crippen molar-refractivity contribution in [3.63, 3.8) is 0 Å². The first-order valence-corrected chi connectivity index (χ1v) is 7.59. The van der Waals surface area contributed by atoms with Crippen molar-refractivity contribution in [1.29, 1.82) is 0 Å². The minimum atomic E-state index is -0.282. The van der Waals surface area contributed by atoms with Crippen molar-refractivity contribution in [3.8, 4) is 0 Å². The Hall–Kier alpha value is -2.87. The number of rotatable bonds is 4. The zero-order chi connectivity index (χ0) is 16.1. The van der Waals surface area contributed by atoms with E-state index in [0.29, 0.717) is 5.69 Å². The van der Waals surface area contributed by atoms with Gasteiger partial charge in [0, 0.05) is 11.3 Å². The topological polar surface area (TPSA) is 26.0 Å². The third-order valence-electron chi connectivity index (χ3n) is 3.78. The number of nitrogen functional groups attached to an aromatic ring is 1. The van der Waals surface area contributed by atoms with Crippen LogP contribution in [0, 0.1) is 5.82 Å². The summed E-state index contributed by atoms with van der Waals surface area (Å²) >= 11 is 0. The second-order valence-corrected chi connectivity index (χ2v) is 5.41. The van der Waals surface area contributed by atoms with Gasteiger partial charge in [-0.25, -0.2) is 4.39 Å². The summed E-state index contributed by atoms with van der Waals surface area (Å²) in [5.74, 6) is -0.282. The summed E-state index contributed by atoms with van der Waals surface area (Å²) in [4.78, 5) is 0. The molecule has 114 valence electrons. The van der Waals surface area contributed by atoms with Crippen LogP contribution in [0.1, 0.15) is 16.7 Å². The van der Waals surface area contributed by atoms with Gasteiger partial charge in [0.2, 0.25) is 0 Å².